The Kier molecular flexibility index (Phi) is 8.24. The van der Waals surface area contributed by atoms with E-state index < -0.39 is 20.0 Å². The van der Waals surface area contributed by atoms with E-state index >= 15 is 0 Å². The number of carbonyl (C=O) groups is 1. The van der Waals surface area contributed by atoms with E-state index in [4.69, 9.17) is 9.47 Å². The Morgan fingerprint density at radius 2 is 1.61 bits per heavy atom. The molecule has 0 bridgehead atoms. The number of likely N-dealkylation sites (tertiary alicyclic amines) is 1. The molecule has 2 aromatic rings. The average molecular weight is 566 g/mol. The summed E-state index contributed by atoms with van der Waals surface area (Å²) in [6.45, 7) is 3.94. The van der Waals surface area contributed by atoms with Crippen LogP contribution in [0.4, 0.5) is 5.69 Å². The lowest BCUT2D eigenvalue weighted by Gasteiger charge is -2.34. The maximum Gasteiger partial charge on any atom is 0.254 e. The van der Waals surface area contributed by atoms with Gasteiger partial charge in [-0.05, 0) is 67.1 Å². The van der Waals surface area contributed by atoms with Crippen molar-refractivity contribution in [2.24, 2.45) is 5.92 Å². The summed E-state index contributed by atoms with van der Waals surface area (Å²) in [6, 6.07) is 10.2. The summed E-state index contributed by atoms with van der Waals surface area (Å²) in [4.78, 5) is 17.4. The van der Waals surface area contributed by atoms with Crippen LogP contribution in [0, 0.1) is 5.92 Å². The summed E-state index contributed by atoms with van der Waals surface area (Å²) in [5.74, 6) is 1.57. The third kappa shape index (κ3) is 6.24. The highest BCUT2D eigenvalue weighted by Gasteiger charge is 2.32. The Labute approximate surface area is 225 Å². The van der Waals surface area contributed by atoms with Crippen LogP contribution < -0.4 is 13.2 Å². The third-order valence-corrected chi connectivity index (χ3v) is 10.3. The molecule has 2 aliphatic rings. The number of nitrogens with zero attached hydrogens (tertiary/aromatic N) is 3. The Morgan fingerprint density at radius 3 is 2.21 bits per heavy atom. The molecule has 0 aliphatic carbocycles. The first-order valence-corrected chi connectivity index (χ1v) is 16.2. The lowest BCUT2D eigenvalue weighted by molar-refractivity contribution is 0.0703. The number of carbonyl (C=O) groups excluding carboxylic acids is 1. The van der Waals surface area contributed by atoms with Gasteiger partial charge in [-0.25, -0.2) is 16.8 Å². The highest BCUT2D eigenvalue weighted by molar-refractivity contribution is 8.09. The fourth-order valence-corrected chi connectivity index (χ4v) is 8.34. The molecule has 0 radical (unpaired) electrons. The molecule has 2 aliphatic heterocycles. The number of amides is 1. The Morgan fingerprint density at radius 1 is 0.974 bits per heavy atom. The van der Waals surface area contributed by atoms with E-state index in [9.17, 15) is 21.6 Å². The van der Waals surface area contributed by atoms with Crippen LogP contribution in [0.1, 0.15) is 34.3 Å². The van der Waals surface area contributed by atoms with Crippen molar-refractivity contribution in [1.29, 1.82) is 0 Å². The lowest BCUT2D eigenvalue weighted by Crippen LogP contribution is -2.41. The fraction of sp³-hybridized carbons (Fsp3) is 0.500. The Balaban J connectivity index is 1.34. The van der Waals surface area contributed by atoms with Crippen LogP contribution in [0.15, 0.2) is 36.4 Å². The van der Waals surface area contributed by atoms with Crippen molar-refractivity contribution in [2.75, 3.05) is 56.6 Å². The molecule has 2 heterocycles. The summed E-state index contributed by atoms with van der Waals surface area (Å²) >= 11 is 0. The van der Waals surface area contributed by atoms with Crippen LogP contribution in [0.2, 0.25) is 0 Å². The molecule has 208 valence electrons. The van der Waals surface area contributed by atoms with Crippen molar-refractivity contribution < 1.29 is 31.1 Å². The largest absolute Gasteiger partial charge is 0.493 e. The summed E-state index contributed by atoms with van der Waals surface area (Å²) < 4.78 is 59.2. The van der Waals surface area contributed by atoms with Gasteiger partial charge in [0.2, 0.25) is 20.0 Å². The minimum absolute atomic E-state index is 0.0235. The van der Waals surface area contributed by atoms with Gasteiger partial charge in [0.05, 0.1) is 32.4 Å². The van der Waals surface area contributed by atoms with Gasteiger partial charge < -0.3 is 19.3 Å². The van der Waals surface area contributed by atoms with E-state index in [0.29, 0.717) is 39.8 Å². The molecule has 0 N–H and O–H groups in total. The Bertz CT molecular complexity index is 1360. The Hall–Kier alpha value is -2.83. The molecule has 38 heavy (non-hydrogen) atoms. The molecule has 10 nitrogen and oxygen atoms in total. The zero-order valence-electron chi connectivity index (χ0n) is 22.2. The SMILES string of the molecule is COc1cc2c(cc1OC)C(=O)N(CC1CCCN(CCc3ccc(N(S(C)(=O)=O)S(C)(=O)=O)cc3)C1)C2. The second kappa shape index (κ2) is 11.1. The van der Waals surface area contributed by atoms with Crippen molar-refractivity contribution >= 4 is 31.6 Å². The smallest absolute Gasteiger partial charge is 0.254 e. The second-order valence-corrected chi connectivity index (χ2v) is 13.9. The van der Waals surface area contributed by atoms with Gasteiger partial charge in [-0.2, -0.15) is 3.71 Å². The van der Waals surface area contributed by atoms with Crippen LogP contribution in [-0.4, -0.2) is 85.5 Å². The predicted octanol–water partition coefficient (Wildman–Crippen LogP) is 2.34. The molecule has 0 saturated carbocycles. The van der Waals surface area contributed by atoms with Crippen LogP contribution in [-0.2, 0) is 33.0 Å². The first kappa shape index (κ1) is 28.2. The number of sulfonamides is 2. The number of rotatable bonds is 10. The summed E-state index contributed by atoms with van der Waals surface area (Å²) in [5, 5.41) is 0. The summed E-state index contributed by atoms with van der Waals surface area (Å²) in [6.07, 6.45) is 4.61. The van der Waals surface area contributed by atoms with Crippen molar-refractivity contribution in [3.05, 3.63) is 53.1 Å². The minimum atomic E-state index is -3.97. The van der Waals surface area contributed by atoms with Crippen LogP contribution >= 0.6 is 0 Å². The van der Waals surface area contributed by atoms with E-state index in [0.717, 1.165) is 62.5 Å². The van der Waals surface area contributed by atoms with E-state index in [1.54, 1.807) is 32.4 Å². The zero-order valence-corrected chi connectivity index (χ0v) is 23.8. The molecular weight excluding hydrogens is 530 g/mol. The van der Waals surface area contributed by atoms with Crippen LogP contribution in [0.5, 0.6) is 11.5 Å². The number of benzene rings is 2. The molecule has 1 unspecified atom stereocenters. The highest BCUT2D eigenvalue weighted by Crippen LogP contribution is 2.35. The molecule has 0 spiro atoms. The predicted molar refractivity (Wildman–Crippen MR) is 146 cm³/mol. The van der Waals surface area contributed by atoms with Gasteiger partial charge in [0.15, 0.2) is 11.5 Å². The van der Waals surface area contributed by atoms with E-state index in [1.165, 1.54) is 12.1 Å². The van der Waals surface area contributed by atoms with E-state index in [2.05, 4.69) is 4.90 Å². The van der Waals surface area contributed by atoms with Crippen molar-refractivity contribution in [3.63, 3.8) is 0 Å². The maximum absolute atomic E-state index is 13.1. The monoisotopic (exact) mass is 565 g/mol. The first-order chi connectivity index (χ1) is 17.9. The number of fused-ring (bicyclic) bond motifs is 1. The first-order valence-electron chi connectivity index (χ1n) is 12.5. The average Bonchev–Trinajstić information content (AvgIpc) is 3.15. The van der Waals surface area contributed by atoms with Gasteiger partial charge in [0.1, 0.15) is 0 Å². The minimum Gasteiger partial charge on any atom is -0.493 e. The van der Waals surface area contributed by atoms with Gasteiger partial charge in [-0.15, -0.1) is 0 Å². The van der Waals surface area contributed by atoms with E-state index in [-0.39, 0.29) is 11.6 Å². The van der Waals surface area contributed by atoms with Gasteiger partial charge in [0, 0.05) is 31.7 Å². The molecule has 1 atom stereocenters. The molecule has 4 rings (SSSR count). The standard InChI is InChI=1S/C26H35N3O7S2/c1-35-24-14-21-18-28(26(30)23(21)15-25(24)36-2)17-20-6-5-12-27(16-20)13-11-19-7-9-22(10-8-19)29(37(3,31)32)38(4,33)34/h7-10,14-15,20H,5-6,11-13,16-18H2,1-4H3. The molecule has 1 amide bonds. The van der Waals surface area contributed by atoms with Crippen molar-refractivity contribution in [3.8, 4) is 11.5 Å². The number of anilines is 1. The maximum atomic E-state index is 13.1. The van der Waals surface area contributed by atoms with Gasteiger partial charge in [0.25, 0.3) is 5.91 Å². The van der Waals surface area contributed by atoms with Gasteiger partial charge in [-0.3, -0.25) is 4.79 Å². The van der Waals surface area contributed by atoms with Crippen molar-refractivity contribution in [2.45, 2.75) is 25.8 Å². The van der Waals surface area contributed by atoms with E-state index in [1.807, 2.05) is 11.0 Å². The number of piperidine rings is 1. The molecule has 1 fully saturated rings. The molecule has 0 aromatic heterocycles. The lowest BCUT2D eigenvalue weighted by atomic mass is 9.97. The molecule has 1 saturated heterocycles. The molecular formula is C26H35N3O7S2. The number of methoxy groups -OCH3 is 2. The van der Waals surface area contributed by atoms with Crippen molar-refractivity contribution in [1.82, 2.24) is 9.80 Å². The third-order valence-electron chi connectivity index (χ3n) is 7.04. The number of hydrogen-bond acceptors (Lipinski definition) is 8. The number of ether oxygens (including phenoxy) is 2. The quantitative estimate of drug-likeness (QED) is 0.432. The fourth-order valence-electron chi connectivity index (χ4n) is 5.36. The highest BCUT2D eigenvalue weighted by atomic mass is 32.3. The summed E-state index contributed by atoms with van der Waals surface area (Å²) in [7, 11) is -4.78. The zero-order chi connectivity index (χ0) is 27.7. The second-order valence-electron chi connectivity index (χ2n) is 10.00. The van der Waals surface area contributed by atoms with Crippen LogP contribution in [0.3, 0.4) is 0 Å². The molecule has 2 aromatic carbocycles. The van der Waals surface area contributed by atoms with Gasteiger partial charge in [-0.1, -0.05) is 12.1 Å². The number of hydrogen-bond donors (Lipinski definition) is 0. The summed E-state index contributed by atoms with van der Waals surface area (Å²) in [5.41, 5.74) is 2.72. The molecule has 12 heteroatoms. The van der Waals surface area contributed by atoms with Gasteiger partial charge >= 0.3 is 0 Å². The normalized spacial score (nSPS) is 18.4. The topological polar surface area (TPSA) is 114 Å². The van der Waals surface area contributed by atoms with Crippen LogP contribution in [0.25, 0.3) is 0 Å².